The fourth-order valence-electron chi connectivity index (χ4n) is 3.09. The van der Waals surface area contributed by atoms with Crippen LogP contribution in [0.4, 0.5) is 4.79 Å². The molecule has 0 aromatic heterocycles. The maximum atomic E-state index is 12.2. The van der Waals surface area contributed by atoms with Crippen LogP contribution in [0, 0.1) is 5.92 Å². The predicted molar refractivity (Wildman–Crippen MR) is 87.3 cm³/mol. The number of benzene rings is 1. The number of carbonyl (C=O) groups excluding carboxylic acids is 1. The molecule has 2 unspecified atom stereocenters. The molecule has 5 heteroatoms. The van der Waals surface area contributed by atoms with Crippen LogP contribution >= 0.6 is 0 Å². The number of likely N-dealkylation sites (tertiary alicyclic amines) is 1. The highest BCUT2D eigenvalue weighted by atomic mass is 16.6. The first-order chi connectivity index (χ1) is 10.8. The molecule has 2 rings (SSSR count). The summed E-state index contributed by atoms with van der Waals surface area (Å²) in [4.78, 5) is 25.1. The average Bonchev–Trinajstić information content (AvgIpc) is 2.45. The second-order valence-electron chi connectivity index (χ2n) is 7.09. The number of hydrogen-bond acceptors (Lipinski definition) is 3. The third-order valence-electron chi connectivity index (χ3n) is 4.05. The third-order valence-corrected chi connectivity index (χ3v) is 4.05. The van der Waals surface area contributed by atoms with E-state index in [0.29, 0.717) is 13.1 Å². The number of rotatable bonds is 3. The smallest absolute Gasteiger partial charge is 0.410 e. The van der Waals surface area contributed by atoms with Crippen LogP contribution in [0.25, 0.3) is 0 Å². The fourth-order valence-corrected chi connectivity index (χ4v) is 3.09. The zero-order valence-electron chi connectivity index (χ0n) is 14.0. The van der Waals surface area contributed by atoms with Gasteiger partial charge in [-0.2, -0.15) is 0 Å². The average molecular weight is 319 g/mol. The van der Waals surface area contributed by atoms with Crippen LogP contribution in [-0.4, -0.2) is 40.8 Å². The molecule has 5 nitrogen and oxygen atoms in total. The van der Waals surface area contributed by atoms with Crippen LogP contribution in [0.1, 0.15) is 45.1 Å². The molecule has 0 spiro atoms. The highest BCUT2D eigenvalue weighted by Gasteiger charge is 2.35. The van der Waals surface area contributed by atoms with Crippen molar-refractivity contribution in [2.75, 3.05) is 13.1 Å². The standard InChI is InChI=1S/C18H25NO4/c1-18(2,3)23-17(22)19-10-9-15(13-7-5-4-6-8-13)14(12-19)11-16(20)21/h4-8,14-15H,9-12H2,1-3H3,(H,20,21). The van der Waals surface area contributed by atoms with E-state index in [2.05, 4.69) is 0 Å². The first-order valence-electron chi connectivity index (χ1n) is 8.01. The molecule has 1 amide bonds. The number of carboxylic acids is 1. The number of carbonyl (C=O) groups is 2. The van der Waals surface area contributed by atoms with Crippen LogP contribution in [-0.2, 0) is 9.53 Å². The van der Waals surface area contributed by atoms with Crippen molar-refractivity contribution >= 4 is 12.1 Å². The number of aliphatic carboxylic acids is 1. The maximum Gasteiger partial charge on any atom is 0.410 e. The maximum absolute atomic E-state index is 12.2. The van der Waals surface area contributed by atoms with E-state index in [1.54, 1.807) is 4.90 Å². The molecule has 0 aliphatic carbocycles. The molecule has 23 heavy (non-hydrogen) atoms. The first kappa shape index (κ1) is 17.3. The number of ether oxygens (including phenoxy) is 1. The van der Waals surface area contributed by atoms with E-state index < -0.39 is 11.6 Å². The van der Waals surface area contributed by atoms with Gasteiger partial charge in [0.15, 0.2) is 0 Å². The lowest BCUT2D eigenvalue weighted by Crippen LogP contribution is -2.45. The van der Waals surface area contributed by atoms with Crippen molar-refractivity contribution in [1.29, 1.82) is 0 Å². The Morgan fingerprint density at radius 2 is 1.91 bits per heavy atom. The van der Waals surface area contributed by atoms with Gasteiger partial charge in [0.25, 0.3) is 0 Å². The number of hydrogen-bond donors (Lipinski definition) is 1. The predicted octanol–water partition coefficient (Wildman–Crippen LogP) is 3.50. The van der Waals surface area contributed by atoms with Crippen LogP contribution < -0.4 is 0 Å². The lowest BCUT2D eigenvalue weighted by Gasteiger charge is -2.38. The summed E-state index contributed by atoms with van der Waals surface area (Å²) in [6.07, 6.45) is 0.444. The van der Waals surface area contributed by atoms with Crippen molar-refractivity contribution in [2.24, 2.45) is 5.92 Å². The summed E-state index contributed by atoms with van der Waals surface area (Å²) in [5.41, 5.74) is 0.595. The van der Waals surface area contributed by atoms with Gasteiger partial charge < -0.3 is 14.7 Å². The van der Waals surface area contributed by atoms with Crippen LogP contribution in [0.15, 0.2) is 30.3 Å². The van der Waals surface area contributed by atoms with Crippen molar-refractivity contribution < 1.29 is 19.4 Å². The second kappa shape index (κ2) is 7.02. The van der Waals surface area contributed by atoms with Gasteiger partial charge in [0.05, 0.1) is 6.42 Å². The fraction of sp³-hybridized carbons (Fsp3) is 0.556. The topological polar surface area (TPSA) is 66.8 Å². The lowest BCUT2D eigenvalue weighted by molar-refractivity contribution is -0.138. The van der Waals surface area contributed by atoms with Crippen LogP contribution in [0.2, 0.25) is 0 Å². The molecular weight excluding hydrogens is 294 g/mol. The Morgan fingerprint density at radius 1 is 1.26 bits per heavy atom. The Bertz CT molecular complexity index is 550. The number of amides is 1. The first-order valence-corrected chi connectivity index (χ1v) is 8.01. The van der Waals surface area contributed by atoms with E-state index in [1.807, 2.05) is 51.1 Å². The Morgan fingerprint density at radius 3 is 2.48 bits per heavy atom. The minimum Gasteiger partial charge on any atom is -0.481 e. The number of carboxylic acid groups (broad SMARTS) is 1. The molecule has 1 aliphatic heterocycles. The van der Waals surface area contributed by atoms with E-state index in [4.69, 9.17) is 4.74 Å². The molecule has 1 aromatic rings. The Labute approximate surface area is 137 Å². The van der Waals surface area contributed by atoms with Crippen LogP contribution in [0.3, 0.4) is 0 Å². The largest absolute Gasteiger partial charge is 0.481 e. The van der Waals surface area contributed by atoms with Gasteiger partial charge in [-0.25, -0.2) is 4.79 Å². The van der Waals surface area contributed by atoms with Crippen molar-refractivity contribution in [2.45, 2.75) is 45.1 Å². The summed E-state index contributed by atoms with van der Waals surface area (Å²) in [7, 11) is 0. The summed E-state index contributed by atoms with van der Waals surface area (Å²) >= 11 is 0. The molecule has 0 radical (unpaired) electrons. The van der Waals surface area contributed by atoms with Gasteiger partial charge in [-0.15, -0.1) is 0 Å². The summed E-state index contributed by atoms with van der Waals surface area (Å²) in [6, 6.07) is 9.94. The van der Waals surface area contributed by atoms with Crippen molar-refractivity contribution in [3.8, 4) is 0 Å². The van der Waals surface area contributed by atoms with Crippen LogP contribution in [0.5, 0.6) is 0 Å². The van der Waals surface area contributed by atoms with Crippen molar-refractivity contribution in [3.05, 3.63) is 35.9 Å². The lowest BCUT2D eigenvalue weighted by atomic mass is 9.79. The zero-order valence-corrected chi connectivity index (χ0v) is 14.0. The molecule has 0 bridgehead atoms. The molecule has 1 fully saturated rings. The second-order valence-corrected chi connectivity index (χ2v) is 7.09. The van der Waals surface area contributed by atoms with Gasteiger partial charge in [-0.3, -0.25) is 4.79 Å². The normalized spacial score (nSPS) is 21.8. The van der Waals surface area contributed by atoms with Gasteiger partial charge in [-0.1, -0.05) is 30.3 Å². The number of nitrogens with zero attached hydrogens (tertiary/aromatic N) is 1. The molecule has 126 valence electrons. The highest BCUT2D eigenvalue weighted by molar-refractivity contribution is 5.69. The minimum absolute atomic E-state index is 0.0544. The third kappa shape index (κ3) is 4.98. The molecule has 1 aliphatic rings. The molecule has 0 saturated carbocycles. The molecule has 1 aromatic carbocycles. The number of piperidine rings is 1. The summed E-state index contributed by atoms with van der Waals surface area (Å²) in [5.74, 6) is -0.774. The van der Waals surface area contributed by atoms with E-state index in [-0.39, 0.29) is 24.3 Å². The summed E-state index contributed by atoms with van der Waals surface area (Å²) < 4.78 is 5.41. The van der Waals surface area contributed by atoms with Gasteiger partial charge in [0, 0.05) is 13.1 Å². The quantitative estimate of drug-likeness (QED) is 0.926. The van der Waals surface area contributed by atoms with Gasteiger partial charge in [0.2, 0.25) is 0 Å². The van der Waals surface area contributed by atoms with E-state index in [9.17, 15) is 14.7 Å². The van der Waals surface area contributed by atoms with Gasteiger partial charge in [-0.05, 0) is 44.6 Å². The van der Waals surface area contributed by atoms with E-state index in [1.165, 1.54) is 0 Å². The minimum atomic E-state index is -0.832. The Balaban J connectivity index is 2.11. The molecular formula is C18H25NO4. The van der Waals surface area contributed by atoms with Gasteiger partial charge >= 0.3 is 12.1 Å². The summed E-state index contributed by atoms with van der Waals surface area (Å²) in [5, 5.41) is 9.21. The zero-order chi connectivity index (χ0) is 17.0. The highest BCUT2D eigenvalue weighted by Crippen LogP contribution is 2.35. The Hall–Kier alpha value is -2.04. The molecule has 2 atom stereocenters. The van der Waals surface area contributed by atoms with E-state index >= 15 is 0 Å². The SMILES string of the molecule is CC(C)(C)OC(=O)N1CCC(c2ccccc2)C(CC(=O)O)C1. The Kier molecular flexibility index (Phi) is 5.29. The van der Waals surface area contributed by atoms with E-state index in [0.717, 1.165) is 12.0 Å². The molecule has 1 heterocycles. The van der Waals surface area contributed by atoms with Crippen molar-refractivity contribution in [1.82, 2.24) is 4.90 Å². The molecule has 1 N–H and O–H groups in total. The molecule has 1 saturated heterocycles. The van der Waals surface area contributed by atoms with Crippen molar-refractivity contribution in [3.63, 3.8) is 0 Å². The monoisotopic (exact) mass is 319 g/mol. The van der Waals surface area contributed by atoms with Gasteiger partial charge in [0.1, 0.15) is 5.60 Å². The summed E-state index contributed by atoms with van der Waals surface area (Å²) in [6.45, 7) is 6.49.